The molecule has 1 saturated heterocycles. The van der Waals surface area contributed by atoms with E-state index in [0.717, 1.165) is 43.9 Å². The number of benzene rings is 1. The zero-order valence-corrected chi connectivity index (χ0v) is 18.8. The van der Waals surface area contributed by atoms with Crippen molar-refractivity contribution in [2.45, 2.75) is 32.4 Å². The number of hydrogen-bond acceptors (Lipinski definition) is 5. The molecule has 2 aliphatic heterocycles. The molecule has 164 valence electrons. The summed E-state index contributed by atoms with van der Waals surface area (Å²) in [5.74, 6) is 2.10. The van der Waals surface area contributed by atoms with Crippen LogP contribution in [0.15, 0.2) is 42.7 Å². The van der Waals surface area contributed by atoms with E-state index in [-0.39, 0.29) is 30.9 Å². The van der Waals surface area contributed by atoms with Crippen molar-refractivity contribution in [3.8, 4) is 11.5 Å². The molecule has 8 heteroatoms. The number of hydrogen-bond donors (Lipinski definition) is 0. The lowest BCUT2D eigenvalue weighted by Crippen LogP contribution is -2.39. The van der Waals surface area contributed by atoms with Crippen LogP contribution in [0.4, 0.5) is 4.79 Å². The zero-order valence-electron chi connectivity index (χ0n) is 17.2. The van der Waals surface area contributed by atoms with Crippen molar-refractivity contribution < 1.29 is 14.3 Å². The van der Waals surface area contributed by atoms with Crippen LogP contribution in [0.5, 0.6) is 11.5 Å². The Morgan fingerprint density at radius 2 is 1.87 bits per heavy atom. The zero-order chi connectivity index (χ0) is 19.3. The minimum atomic E-state index is -0.243. The van der Waals surface area contributed by atoms with Crippen molar-refractivity contribution in [2.24, 2.45) is 5.92 Å². The Balaban J connectivity index is 0.00000160. The number of fused-ring (bicyclic) bond motifs is 1. The van der Waals surface area contributed by atoms with Crippen LogP contribution in [0.3, 0.4) is 0 Å². The van der Waals surface area contributed by atoms with Gasteiger partial charge in [0.25, 0.3) is 0 Å². The number of carbonyl (C=O) groups excluding carboxylic acids is 1. The van der Waals surface area contributed by atoms with Crippen LogP contribution in [0.1, 0.15) is 30.4 Å². The van der Waals surface area contributed by atoms with Crippen molar-refractivity contribution >= 4 is 30.9 Å². The Morgan fingerprint density at radius 3 is 2.57 bits per heavy atom. The highest BCUT2D eigenvalue weighted by Crippen LogP contribution is 2.30. The van der Waals surface area contributed by atoms with E-state index < -0.39 is 0 Å². The van der Waals surface area contributed by atoms with Gasteiger partial charge in [-0.25, -0.2) is 4.79 Å². The summed E-state index contributed by atoms with van der Waals surface area (Å²) in [6.45, 7) is 4.54. The highest BCUT2D eigenvalue weighted by atomic mass is 35.5. The SMILES string of the molecule is COc1ccc2c(c1)CN(CCC1CCN(Cc3ccncc3)CC1)C(=O)O2.Cl.Cl. The molecule has 4 rings (SSSR count). The lowest BCUT2D eigenvalue weighted by molar-refractivity contribution is 0.125. The molecule has 1 amide bonds. The highest BCUT2D eigenvalue weighted by Gasteiger charge is 2.27. The Morgan fingerprint density at radius 1 is 1.13 bits per heavy atom. The molecule has 0 unspecified atom stereocenters. The van der Waals surface area contributed by atoms with E-state index in [1.54, 1.807) is 7.11 Å². The standard InChI is InChI=1S/C22H27N3O3.2ClH/c1-27-20-2-3-21-19(14-20)16-25(22(26)28-21)13-8-17-6-11-24(12-7-17)15-18-4-9-23-10-5-18;;/h2-5,9-10,14,17H,6-8,11-13,15-16H2,1H3;2*1H. The summed E-state index contributed by atoms with van der Waals surface area (Å²) >= 11 is 0. The molecule has 2 aliphatic rings. The van der Waals surface area contributed by atoms with E-state index >= 15 is 0 Å². The second kappa shape index (κ2) is 11.4. The van der Waals surface area contributed by atoms with Crippen LogP contribution >= 0.6 is 24.8 Å². The number of rotatable bonds is 6. The fourth-order valence-corrected chi connectivity index (χ4v) is 4.02. The van der Waals surface area contributed by atoms with Crippen LogP contribution in [0, 0.1) is 5.92 Å². The van der Waals surface area contributed by atoms with Gasteiger partial charge in [-0.2, -0.15) is 0 Å². The number of likely N-dealkylation sites (tertiary alicyclic amines) is 1. The van der Waals surface area contributed by atoms with Gasteiger partial charge in [0.15, 0.2) is 0 Å². The van der Waals surface area contributed by atoms with Gasteiger partial charge in [-0.3, -0.25) is 9.88 Å². The Kier molecular flexibility index (Phi) is 9.21. The quantitative estimate of drug-likeness (QED) is 0.641. The molecule has 30 heavy (non-hydrogen) atoms. The van der Waals surface area contributed by atoms with Crippen LogP contribution in [-0.4, -0.2) is 47.6 Å². The second-order valence-corrected chi connectivity index (χ2v) is 7.63. The Bertz CT molecular complexity index is 815. The van der Waals surface area contributed by atoms with Gasteiger partial charge in [-0.05, 0) is 74.2 Å². The second-order valence-electron chi connectivity index (χ2n) is 7.63. The summed E-state index contributed by atoms with van der Waals surface area (Å²) in [6.07, 6.45) is 6.85. The molecule has 2 aromatic rings. The van der Waals surface area contributed by atoms with Crippen LogP contribution < -0.4 is 9.47 Å². The summed E-state index contributed by atoms with van der Waals surface area (Å²) in [6, 6.07) is 9.75. The van der Waals surface area contributed by atoms with Gasteiger partial charge >= 0.3 is 6.09 Å². The van der Waals surface area contributed by atoms with Crippen molar-refractivity contribution in [3.05, 3.63) is 53.9 Å². The Hall–Kier alpha value is -2.02. The van der Waals surface area contributed by atoms with E-state index in [2.05, 4.69) is 22.0 Å². The third-order valence-corrected chi connectivity index (χ3v) is 5.75. The van der Waals surface area contributed by atoms with Crippen LogP contribution in [-0.2, 0) is 13.1 Å². The van der Waals surface area contributed by atoms with Gasteiger partial charge in [0.1, 0.15) is 11.5 Å². The predicted octanol–water partition coefficient (Wildman–Crippen LogP) is 4.55. The maximum atomic E-state index is 12.3. The molecule has 0 spiro atoms. The van der Waals surface area contributed by atoms with Crippen LogP contribution in [0.25, 0.3) is 0 Å². The highest BCUT2D eigenvalue weighted by molar-refractivity contribution is 5.85. The molecular formula is C22H29Cl2N3O3. The number of methoxy groups -OCH3 is 1. The molecule has 0 bridgehead atoms. The monoisotopic (exact) mass is 453 g/mol. The molecule has 0 saturated carbocycles. The van der Waals surface area contributed by atoms with E-state index in [9.17, 15) is 4.79 Å². The molecular weight excluding hydrogens is 425 g/mol. The van der Waals surface area contributed by atoms with Gasteiger partial charge in [0.05, 0.1) is 13.7 Å². The molecule has 6 nitrogen and oxygen atoms in total. The van der Waals surface area contributed by atoms with Crippen LogP contribution in [0.2, 0.25) is 0 Å². The normalized spacial score (nSPS) is 16.7. The summed E-state index contributed by atoms with van der Waals surface area (Å²) < 4.78 is 10.8. The summed E-state index contributed by atoms with van der Waals surface area (Å²) in [5.41, 5.74) is 2.32. The number of carbonyl (C=O) groups is 1. The predicted molar refractivity (Wildman–Crippen MR) is 121 cm³/mol. The van der Waals surface area contributed by atoms with Gasteiger partial charge in [0, 0.05) is 31.0 Å². The minimum Gasteiger partial charge on any atom is -0.497 e. The third kappa shape index (κ3) is 6.00. The third-order valence-electron chi connectivity index (χ3n) is 5.75. The van der Waals surface area contributed by atoms with Crippen molar-refractivity contribution in [3.63, 3.8) is 0 Å². The molecule has 0 aliphatic carbocycles. The average molecular weight is 454 g/mol. The number of piperidine rings is 1. The number of halogens is 2. The summed E-state index contributed by atoms with van der Waals surface area (Å²) in [4.78, 5) is 20.7. The van der Waals surface area contributed by atoms with E-state index in [1.165, 1.54) is 18.4 Å². The van der Waals surface area contributed by atoms with Gasteiger partial charge in [0.2, 0.25) is 0 Å². The van der Waals surface area contributed by atoms with Gasteiger partial charge in [-0.1, -0.05) is 0 Å². The van der Waals surface area contributed by atoms with E-state index in [1.807, 2.05) is 35.5 Å². The first-order valence-electron chi connectivity index (χ1n) is 9.96. The summed E-state index contributed by atoms with van der Waals surface area (Å²) in [5, 5.41) is 0. The summed E-state index contributed by atoms with van der Waals surface area (Å²) in [7, 11) is 1.65. The maximum Gasteiger partial charge on any atom is 0.415 e. The molecule has 1 aromatic carbocycles. The maximum absolute atomic E-state index is 12.3. The topological polar surface area (TPSA) is 54.9 Å². The number of nitrogens with zero attached hydrogens (tertiary/aromatic N) is 3. The van der Waals surface area contributed by atoms with E-state index in [4.69, 9.17) is 9.47 Å². The lowest BCUT2D eigenvalue weighted by atomic mass is 9.93. The first kappa shape index (κ1) is 24.3. The molecule has 0 N–H and O–H groups in total. The number of ether oxygens (including phenoxy) is 2. The lowest BCUT2D eigenvalue weighted by Gasteiger charge is -2.34. The van der Waals surface area contributed by atoms with Gasteiger partial charge < -0.3 is 14.4 Å². The first-order valence-corrected chi connectivity index (χ1v) is 9.96. The number of aromatic nitrogens is 1. The molecule has 0 radical (unpaired) electrons. The minimum absolute atomic E-state index is 0. The van der Waals surface area contributed by atoms with Crippen molar-refractivity contribution in [1.29, 1.82) is 0 Å². The Labute approximate surface area is 190 Å². The first-order chi connectivity index (χ1) is 13.7. The van der Waals surface area contributed by atoms with E-state index in [0.29, 0.717) is 18.2 Å². The molecule has 1 fully saturated rings. The largest absolute Gasteiger partial charge is 0.497 e. The number of amides is 1. The van der Waals surface area contributed by atoms with Crippen molar-refractivity contribution in [2.75, 3.05) is 26.7 Å². The average Bonchev–Trinajstić information content (AvgIpc) is 2.74. The molecule has 0 atom stereocenters. The molecule has 3 heterocycles. The van der Waals surface area contributed by atoms with Gasteiger partial charge in [-0.15, -0.1) is 24.8 Å². The fraction of sp³-hybridized carbons (Fsp3) is 0.455. The fourth-order valence-electron chi connectivity index (χ4n) is 4.02. The number of pyridine rings is 1. The van der Waals surface area contributed by atoms with Crippen molar-refractivity contribution in [1.82, 2.24) is 14.8 Å². The molecule has 1 aromatic heterocycles. The smallest absolute Gasteiger partial charge is 0.415 e.